The number of carbonyl (C=O) groups is 1. The second-order valence-electron chi connectivity index (χ2n) is 5.92. The molecule has 1 amide bonds. The van der Waals surface area contributed by atoms with E-state index < -0.39 is 18.7 Å². The van der Waals surface area contributed by atoms with Gasteiger partial charge in [-0.2, -0.15) is 18.3 Å². The van der Waals surface area contributed by atoms with E-state index in [1.807, 2.05) is 31.2 Å². The molecule has 0 bridgehead atoms. The average molecular weight is 391 g/mol. The highest BCUT2D eigenvalue weighted by molar-refractivity contribution is 5.94. The number of hydrogen-bond acceptors (Lipinski definition) is 5. The van der Waals surface area contributed by atoms with Crippen LogP contribution in [0.25, 0.3) is 5.69 Å². The number of benzene rings is 1. The maximum atomic E-state index is 12.3. The summed E-state index contributed by atoms with van der Waals surface area (Å²) < 4.78 is 42.5. The Labute approximate surface area is 158 Å². The van der Waals surface area contributed by atoms with Crippen molar-refractivity contribution in [1.29, 1.82) is 0 Å². The molecule has 0 spiro atoms. The number of nitrogens with zero attached hydrogens (tertiary/aromatic N) is 4. The smallest absolute Gasteiger partial charge is 0.422 e. The van der Waals surface area contributed by atoms with Gasteiger partial charge in [0.2, 0.25) is 5.88 Å². The lowest BCUT2D eigenvalue weighted by molar-refractivity contribution is -0.154. The molecule has 3 rings (SSSR count). The highest BCUT2D eigenvalue weighted by Crippen LogP contribution is 2.18. The molecular weight excluding hydrogens is 375 g/mol. The van der Waals surface area contributed by atoms with E-state index in [1.54, 1.807) is 11.0 Å². The number of nitrogens with one attached hydrogen (secondary N) is 1. The normalized spacial score (nSPS) is 12.4. The van der Waals surface area contributed by atoms with Crippen LogP contribution in [0.5, 0.6) is 5.88 Å². The van der Waals surface area contributed by atoms with Crippen molar-refractivity contribution in [2.75, 3.05) is 6.61 Å². The Balaban J connectivity index is 1.59. The first-order chi connectivity index (χ1) is 13.3. The van der Waals surface area contributed by atoms with Crippen LogP contribution in [0.15, 0.2) is 55.2 Å². The molecule has 1 atom stereocenters. The Kier molecular flexibility index (Phi) is 5.57. The topological polar surface area (TPSA) is 81.9 Å². The summed E-state index contributed by atoms with van der Waals surface area (Å²) in [6.07, 6.45) is -0.266. The fourth-order valence-corrected chi connectivity index (χ4v) is 2.38. The van der Waals surface area contributed by atoms with Crippen molar-refractivity contribution in [1.82, 2.24) is 25.1 Å². The van der Waals surface area contributed by atoms with Gasteiger partial charge in [-0.25, -0.2) is 14.6 Å². The molecule has 10 heteroatoms. The lowest BCUT2D eigenvalue weighted by atomic mass is 10.1. The summed E-state index contributed by atoms with van der Waals surface area (Å²) in [5.74, 6) is -0.603. The van der Waals surface area contributed by atoms with Crippen molar-refractivity contribution < 1.29 is 22.7 Å². The van der Waals surface area contributed by atoms with E-state index in [1.165, 1.54) is 24.7 Å². The SMILES string of the molecule is CC(NC(=O)c1ccc(OCC(F)(F)F)nc1)c1ccc(-n2cncn2)cc1. The molecule has 1 N–H and O–H groups in total. The van der Waals surface area contributed by atoms with Crippen LogP contribution in [-0.4, -0.2) is 38.4 Å². The molecule has 3 aromatic rings. The minimum absolute atomic E-state index is 0.203. The van der Waals surface area contributed by atoms with Crippen LogP contribution in [0, 0.1) is 0 Å². The summed E-state index contributed by atoms with van der Waals surface area (Å²) in [7, 11) is 0. The monoisotopic (exact) mass is 391 g/mol. The molecule has 2 aromatic heterocycles. The van der Waals surface area contributed by atoms with Crippen molar-refractivity contribution in [3.05, 3.63) is 66.4 Å². The molecule has 0 saturated heterocycles. The third-order valence-corrected chi connectivity index (χ3v) is 3.81. The summed E-state index contributed by atoms with van der Waals surface area (Å²) in [5.41, 5.74) is 1.92. The van der Waals surface area contributed by atoms with Gasteiger partial charge in [0.25, 0.3) is 5.91 Å². The van der Waals surface area contributed by atoms with Crippen molar-refractivity contribution in [3.8, 4) is 11.6 Å². The van der Waals surface area contributed by atoms with Crippen LogP contribution < -0.4 is 10.1 Å². The molecule has 1 aromatic carbocycles. The summed E-state index contributed by atoms with van der Waals surface area (Å²) in [4.78, 5) is 19.9. The van der Waals surface area contributed by atoms with E-state index in [0.29, 0.717) is 0 Å². The second kappa shape index (κ2) is 8.07. The van der Waals surface area contributed by atoms with Gasteiger partial charge < -0.3 is 10.1 Å². The zero-order valence-corrected chi connectivity index (χ0v) is 14.7. The van der Waals surface area contributed by atoms with E-state index in [9.17, 15) is 18.0 Å². The van der Waals surface area contributed by atoms with Crippen LogP contribution in [0.4, 0.5) is 13.2 Å². The van der Waals surface area contributed by atoms with E-state index in [0.717, 1.165) is 11.3 Å². The summed E-state index contributed by atoms with van der Waals surface area (Å²) >= 11 is 0. The van der Waals surface area contributed by atoms with E-state index in [2.05, 4.69) is 25.1 Å². The average Bonchev–Trinajstić information content (AvgIpc) is 3.21. The molecule has 7 nitrogen and oxygen atoms in total. The van der Waals surface area contributed by atoms with Gasteiger partial charge in [0.15, 0.2) is 6.61 Å². The molecule has 0 aliphatic rings. The number of amides is 1. The van der Waals surface area contributed by atoms with Gasteiger partial charge in [-0.1, -0.05) is 12.1 Å². The van der Waals surface area contributed by atoms with E-state index in [-0.39, 0.29) is 17.5 Å². The summed E-state index contributed by atoms with van der Waals surface area (Å²) in [6.45, 7) is 0.379. The van der Waals surface area contributed by atoms with Crippen molar-refractivity contribution in [2.24, 2.45) is 0 Å². The maximum Gasteiger partial charge on any atom is 0.422 e. The molecule has 0 saturated carbocycles. The molecule has 2 heterocycles. The van der Waals surface area contributed by atoms with Gasteiger partial charge in [0.1, 0.15) is 12.7 Å². The number of ether oxygens (including phenoxy) is 1. The van der Waals surface area contributed by atoms with Crippen LogP contribution in [0.2, 0.25) is 0 Å². The van der Waals surface area contributed by atoms with Gasteiger partial charge in [-0.15, -0.1) is 0 Å². The van der Waals surface area contributed by atoms with Crippen molar-refractivity contribution in [3.63, 3.8) is 0 Å². The van der Waals surface area contributed by atoms with E-state index in [4.69, 9.17) is 0 Å². The lowest BCUT2D eigenvalue weighted by Crippen LogP contribution is -2.26. The van der Waals surface area contributed by atoms with Crippen LogP contribution in [0.3, 0.4) is 0 Å². The minimum Gasteiger partial charge on any atom is -0.468 e. The molecule has 28 heavy (non-hydrogen) atoms. The number of rotatable bonds is 6. The number of alkyl halides is 3. The van der Waals surface area contributed by atoms with E-state index >= 15 is 0 Å². The van der Waals surface area contributed by atoms with Gasteiger partial charge in [-0.05, 0) is 30.7 Å². The number of pyridine rings is 1. The zero-order valence-electron chi connectivity index (χ0n) is 14.7. The second-order valence-corrected chi connectivity index (χ2v) is 5.92. The number of hydrogen-bond donors (Lipinski definition) is 1. The van der Waals surface area contributed by atoms with Gasteiger partial charge in [0.05, 0.1) is 17.3 Å². The number of halogens is 3. The fraction of sp³-hybridized carbons (Fsp3) is 0.222. The Morgan fingerprint density at radius 2 is 1.96 bits per heavy atom. The third kappa shape index (κ3) is 5.06. The molecule has 0 aliphatic heterocycles. The first-order valence-corrected chi connectivity index (χ1v) is 8.23. The first kappa shape index (κ1) is 19.3. The standard InChI is InChI=1S/C18H16F3N5O2/c1-12(13-2-5-15(6-3-13)26-11-22-10-24-26)25-17(27)14-4-7-16(23-8-14)28-9-18(19,20)21/h2-8,10-12H,9H2,1H3,(H,25,27). The van der Waals surface area contributed by atoms with Crippen LogP contribution in [0.1, 0.15) is 28.9 Å². The summed E-state index contributed by atoms with van der Waals surface area (Å²) in [6, 6.07) is 9.69. The Morgan fingerprint density at radius 3 is 2.54 bits per heavy atom. The molecule has 146 valence electrons. The molecule has 0 aliphatic carbocycles. The van der Waals surface area contributed by atoms with Gasteiger partial charge >= 0.3 is 6.18 Å². The quantitative estimate of drug-likeness (QED) is 0.698. The minimum atomic E-state index is -4.45. The van der Waals surface area contributed by atoms with Gasteiger partial charge in [-0.3, -0.25) is 4.79 Å². The maximum absolute atomic E-state index is 12.3. The first-order valence-electron chi connectivity index (χ1n) is 8.23. The lowest BCUT2D eigenvalue weighted by Gasteiger charge is -2.15. The Hall–Kier alpha value is -3.43. The molecular formula is C18H16F3N5O2. The third-order valence-electron chi connectivity index (χ3n) is 3.81. The van der Waals surface area contributed by atoms with Crippen LogP contribution in [-0.2, 0) is 0 Å². The molecule has 0 fully saturated rings. The summed E-state index contributed by atoms with van der Waals surface area (Å²) in [5, 5.41) is 6.85. The fourth-order valence-electron chi connectivity index (χ4n) is 2.38. The predicted octanol–water partition coefficient (Wildman–Crippen LogP) is 3.09. The number of aromatic nitrogens is 4. The Bertz CT molecular complexity index is 910. The zero-order chi connectivity index (χ0) is 20.1. The van der Waals surface area contributed by atoms with Crippen molar-refractivity contribution in [2.45, 2.75) is 19.1 Å². The Morgan fingerprint density at radius 1 is 1.21 bits per heavy atom. The largest absolute Gasteiger partial charge is 0.468 e. The van der Waals surface area contributed by atoms with Crippen LogP contribution >= 0.6 is 0 Å². The number of carbonyl (C=O) groups excluding carboxylic acids is 1. The highest BCUT2D eigenvalue weighted by atomic mass is 19.4. The molecule has 0 radical (unpaired) electrons. The molecule has 1 unspecified atom stereocenters. The van der Waals surface area contributed by atoms with Crippen molar-refractivity contribution >= 4 is 5.91 Å². The highest BCUT2D eigenvalue weighted by Gasteiger charge is 2.28. The van der Waals surface area contributed by atoms with Gasteiger partial charge in [0, 0.05) is 12.3 Å². The predicted molar refractivity (Wildman–Crippen MR) is 93.0 cm³/mol.